The minimum Gasteiger partial charge on any atom is -0.496 e. The van der Waals surface area contributed by atoms with Crippen LogP contribution in [0.15, 0.2) is 22.7 Å². The molecule has 90 valence electrons. The van der Waals surface area contributed by atoms with Gasteiger partial charge in [0.05, 0.1) is 12.7 Å². The molecule has 0 bridgehead atoms. The second kappa shape index (κ2) is 4.55. The van der Waals surface area contributed by atoms with Gasteiger partial charge in [-0.2, -0.15) is 4.98 Å². The molecule has 17 heavy (non-hydrogen) atoms. The van der Waals surface area contributed by atoms with Crippen molar-refractivity contribution in [2.75, 3.05) is 7.11 Å². The third-order valence-corrected chi connectivity index (χ3v) is 2.40. The van der Waals surface area contributed by atoms with Crippen LogP contribution in [0.5, 0.6) is 5.75 Å². The quantitative estimate of drug-likeness (QED) is 0.880. The Morgan fingerprint density at radius 1 is 1.41 bits per heavy atom. The molecule has 0 spiro atoms. The van der Waals surface area contributed by atoms with Gasteiger partial charge in [0.2, 0.25) is 5.82 Å². The van der Waals surface area contributed by atoms with Crippen LogP contribution in [0, 0.1) is 6.92 Å². The molecule has 0 saturated heterocycles. The number of nitrogens with zero attached hydrogens (tertiary/aromatic N) is 2. The zero-order valence-electron chi connectivity index (χ0n) is 9.97. The SMILES string of the molecule is COc1cc(C)ccc1-c1noc([C@H](C)O)n1. The lowest BCUT2D eigenvalue weighted by Crippen LogP contribution is -1.92. The van der Waals surface area contributed by atoms with Gasteiger partial charge >= 0.3 is 0 Å². The number of aromatic nitrogens is 2. The van der Waals surface area contributed by atoms with Crippen molar-refractivity contribution >= 4 is 0 Å². The van der Waals surface area contributed by atoms with E-state index in [1.807, 2.05) is 25.1 Å². The molecule has 0 aliphatic carbocycles. The number of methoxy groups -OCH3 is 1. The van der Waals surface area contributed by atoms with Gasteiger partial charge in [0, 0.05) is 0 Å². The van der Waals surface area contributed by atoms with Crippen molar-refractivity contribution in [2.45, 2.75) is 20.0 Å². The van der Waals surface area contributed by atoms with Gasteiger partial charge in [-0.1, -0.05) is 11.2 Å². The zero-order chi connectivity index (χ0) is 12.4. The van der Waals surface area contributed by atoms with Gasteiger partial charge in [-0.15, -0.1) is 0 Å². The lowest BCUT2D eigenvalue weighted by atomic mass is 10.1. The van der Waals surface area contributed by atoms with E-state index in [1.165, 1.54) is 0 Å². The van der Waals surface area contributed by atoms with E-state index in [2.05, 4.69) is 10.1 Å². The second-order valence-corrected chi connectivity index (χ2v) is 3.84. The van der Waals surface area contributed by atoms with Crippen molar-refractivity contribution in [3.63, 3.8) is 0 Å². The highest BCUT2D eigenvalue weighted by Gasteiger charge is 2.15. The molecule has 0 fully saturated rings. The van der Waals surface area contributed by atoms with E-state index in [-0.39, 0.29) is 5.89 Å². The zero-order valence-corrected chi connectivity index (χ0v) is 9.97. The number of rotatable bonds is 3. The molecule has 0 saturated carbocycles. The van der Waals surface area contributed by atoms with E-state index in [0.717, 1.165) is 11.1 Å². The van der Waals surface area contributed by atoms with Crippen molar-refractivity contribution in [3.05, 3.63) is 29.7 Å². The first-order chi connectivity index (χ1) is 8.11. The topological polar surface area (TPSA) is 68.4 Å². The van der Waals surface area contributed by atoms with Gasteiger partial charge in [0.1, 0.15) is 11.9 Å². The summed E-state index contributed by atoms with van der Waals surface area (Å²) in [4.78, 5) is 4.11. The summed E-state index contributed by atoms with van der Waals surface area (Å²) < 4.78 is 10.2. The van der Waals surface area contributed by atoms with Crippen LogP contribution in [0.25, 0.3) is 11.4 Å². The number of aliphatic hydroxyl groups is 1. The average Bonchev–Trinajstić information content (AvgIpc) is 2.78. The van der Waals surface area contributed by atoms with Crippen LogP contribution >= 0.6 is 0 Å². The maximum Gasteiger partial charge on any atom is 0.255 e. The molecule has 1 heterocycles. The molecule has 5 heteroatoms. The first-order valence-corrected chi connectivity index (χ1v) is 5.28. The highest BCUT2D eigenvalue weighted by molar-refractivity contribution is 5.64. The van der Waals surface area contributed by atoms with Gasteiger partial charge in [0.25, 0.3) is 5.89 Å². The third-order valence-electron chi connectivity index (χ3n) is 2.40. The summed E-state index contributed by atoms with van der Waals surface area (Å²) in [5, 5.41) is 13.1. The molecular formula is C12H14N2O3. The number of benzene rings is 1. The molecule has 2 rings (SSSR count). The fourth-order valence-electron chi connectivity index (χ4n) is 1.50. The molecule has 2 aromatic rings. The fourth-order valence-corrected chi connectivity index (χ4v) is 1.50. The Labute approximate surface area is 99.0 Å². The highest BCUT2D eigenvalue weighted by atomic mass is 16.5. The first-order valence-electron chi connectivity index (χ1n) is 5.28. The Morgan fingerprint density at radius 3 is 2.76 bits per heavy atom. The Hall–Kier alpha value is -1.88. The summed E-state index contributed by atoms with van der Waals surface area (Å²) >= 11 is 0. The Kier molecular flexibility index (Phi) is 3.10. The summed E-state index contributed by atoms with van der Waals surface area (Å²) in [6.45, 7) is 3.55. The van der Waals surface area contributed by atoms with Crippen molar-refractivity contribution in [1.82, 2.24) is 10.1 Å². The highest BCUT2D eigenvalue weighted by Crippen LogP contribution is 2.29. The molecule has 5 nitrogen and oxygen atoms in total. The predicted octanol–water partition coefficient (Wildman–Crippen LogP) is 2.11. The van der Waals surface area contributed by atoms with Crippen molar-refractivity contribution in [2.24, 2.45) is 0 Å². The molecule has 1 aromatic heterocycles. The fraction of sp³-hybridized carbons (Fsp3) is 0.333. The lowest BCUT2D eigenvalue weighted by molar-refractivity contribution is 0.152. The average molecular weight is 234 g/mol. The van der Waals surface area contributed by atoms with Gasteiger partial charge in [-0.3, -0.25) is 0 Å². The van der Waals surface area contributed by atoms with E-state index < -0.39 is 6.10 Å². The van der Waals surface area contributed by atoms with Crippen LogP contribution in [0.4, 0.5) is 0 Å². The Balaban J connectivity index is 2.44. The maximum absolute atomic E-state index is 9.33. The van der Waals surface area contributed by atoms with Crippen LogP contribution in [0.2, 0.25) is 0 Å². The smallest absolute Gasteiger partial charge is 0.255 e. The molecule has 0 radical (unpaired) electrons. The molecule has 1 N–H and O–H groups in total. The van der Waals surface area contributed by atoms with Gasteiger partial charge in [-0.05, 0) is 31.5 Å². The van der Waals surface area contributed by atoms with Crippen molar-refractivity contribution < 1.29 is 14.4 Å². The monoisotopic (exact) mass is 234 g/mol. The predicted molar refractivity (Wildman–Crippen MR) is 61.7 cm³/mol. The van der Waals surface area contributed by atoms with E-state index >= 15 is 0 Å². The Bertz CT molecular complexity index is 520. The summed E-state index contributed by atoms with van der Waals surface area (Å²) in [6, 6.07) is 5.70. The lowest BCUT2D eigenvalue weighted by Gasteiger charge is -2.05. The molecule has 0 unspecified atom stereocenters. The van der Waals surface area contributed by atoms with Gasteiger partial charge in [-0.25, -0.2) is 0 Å². The second-order valence-electron chi connectivity index (χ2n) is 3.84. The molecule has 0 aliphatic heterocycles. The number of hydrogen-bond acceptors (Lipinski definition) is 5. The van der Waals surface area contributed by atoms with E-state index in [1.54, 1.807) is 14.0 Å². The third kappa shape index (κ3) is 2.29. The normalized spacial score (nSPS) is 12.5. The van der Waals surface area contributed by atoms with Gasteiger partial charge < -0.3 is 14.4 Å². The minimum atomic E-state index is -0.771. The van der Waals surface area contributed by atoms with Crippen LogP contribution in [-0.2, 0) is 0 Å². The summed E-state index contributed by atoms with van der Waals surface area (Å²) in [6.07, 6.45) is -0.771. The van der Waals surface area contributed by atoms with Crippen LogP contribution in [-0.4, -0.2) is 22.4 Å². The summed E-state index contributed by atoms with van der Waals surface area (Å²) in [5.74, 6) is 1.29. The number of ether oxygens (including phenoxy) is 1. The summed E-state index contributed by atoms with van der Waals surface area (Å²) in [5.41, 5.74) is 1.83. The number of aliphatic hydroxyl groups excluding tert-OH is 1. The van der Waals surface area contributed by atoms with E-state index in [0.29, 0.717) is 11.6 Å². The van der Waals surface area contributed by atoms with E-state index in [9.17, 15) is 5.11 Å². The van der Waals surface area contributed by atoms with E-state index in [4.69, 9.17) is 9.26 Å². The van der Waals surface area contributed by atoms with Crippen molar-refractivity contribution in [1.29, 1.82) is 0 Å². The Morgan fingerprint density at radius 2 is 2.18 bits per heavy atom. The largest absolute Gasteiger partial charge is 0.496 e. The molecule has 0 amide bonds. The minimum absolute atomic E-state index is 0.197. The molecule has 1 aromatic carbocycles. The van der Waals surface area contributed by atoms with Gasteiger partial charge in [0.15, 0.2) is 0 Å². The molecule has 1 atom stereocenters. The van der Waals surface area contributed by atoms with Crippen LogP contribution in [0.1, 0.15) is 24.5 Å². The molecule has 0 aliphatic rings. The summed E-state index contributed by atoms with van der Waals surface area (Å²) in [7, 11) is 1.59. The standard InChI is InChI=1S/C12H14N2O3/c1-7-4-5-9(10(6-7)16-3)11-13-12(8(2)15)17-14-11/h4-6,8,15H,1-3H3/t8-/m0/s1. The number of hydrogen-bond donors (Lipinski definition) is 1. The first kappa shape index (κ1) is 11.6. The van der Waals surface area contributed by atoms with Crippen LogP contribution < -0.4 is 4.74 Å². The maximum atomic E-state index is 9.33. The van der Waals surface area contributed by atoms with Crippen molar-refractivity contribution in [3.8, 4) is 17.1 Å². The van der Waals surface area contributed by atoms with Crippen LogP contribution in [0.3, 0.4) is 0 Å². The molecular weight excluding hydrogens is 220 g/mol. The number of aryl methyl sites for hydroxylation is 1.